The number of hydrogen-bond acceptors (Lipinski definition) is 4. The second kappa shape index (κ2) is 7.56. The molecule has 0 atom stereocenters. The molecule has 0 saturated carbocycles. The molecular weight excluding hydrogens is 308 g/mol. The third kappa shape index (κ3) is 4.40. The van der Waals surface area contributed by atoms with Crippen LogP contribution in [0.15, 0.2) is 47.7 Å². The predicted molar refractivity (Wildman–Crippen MR) is 89.2 cm³/mol. The summed E-state index contributed by atoms with van der Waals surface area (Å²) >= 11 is 11.0. The maximum Gasteiger partial charge on any atom is 0.191 e. The molecule has 0 bridgehead atoms. The van der Waals surface area contributed by atoms with E-state index in [1.165, 1.54) is 0 Å². The molecule has 5 nitrogen and oxygen atoms in total. The summed E-state index contributed by atoms with van der Waals surface area (Å²) in [4.78, 5) is 3.94. The maximum absolute atomic E-state index is 5.92. The molecule has 21 heavy (non-hydrogen) atoms. The van der Waals surface area contributed by atoms with Gasteiger partial charge in [-0.25, -0.2) is 4.98 Å². The smallest absolute Gasteiger partial charge is 0.191 e. The number of anilines is 1. The van der Waals surface area contributed by atoms with Gasteiger partial charge in [-0.3, -0.25) is 5.43 Å². The summed E-state index contributed by atoms with van der Waals surface area (Å²) < 4.78 is 5.22. The Balaban J connectivity index is 1.95. The van der Waals surface area contributed by atoms with Gasteiger partial charge in [0.05, 0.1) is 19.0 Å². The predicted octanol–water partition coefficient (Wildman–Crippen LogP) is 3.06. The van der Waals surface area contributed by atoms with Gasteiger partial charge in [0, 0.05) is 11.8 Å². The van der Waals surface area contributed by atoms with E-state index < -0.39 is 0 Å². The molecule has 1 aromatic carbocycles. The second-order valence-corrected chi connectivity index (χ2v) is 4.67. The van der Waals surface area contributed by atoms with Crippen LogP contribution in [0, 0.1) is 0 Å². The molecule has 0 radical (unpaired) electrons. The average Bonchev–Trinajstić information content (AvgIpc) is 2.50. The van der Waals surface area contributed by atoms with Gasteiger partial charge in [0.1, 0.15) is 5.75 Å². The van der Waals surface area contributed by atoms with Crippen LogP contribution in [0.5, 0.6) is 5.75 Å². The van der Waals surface area contributed by atoms with Crippen LogP contribution in [-0.4, -0.2) is 23.4 Å². The van der Waals surface area contributed by atoms with Crippen molar-refractivity contribution in [2.24, 2.45) is 5.10 Å². The van der Waals surface area contributed by atoms with Crippen LogP contribution < -0.4 is 15.5 Å². The van der Waals surface area contributed by atoms with Crippen LogP contribution in [0.2, 0.25) is 5.15 Å². The Morgan fingerprint density at radius 2 is 2.14 bits per heavy atom. The molecule has 1 heterocycles. The van der Waals surface area contributed by atoms with E-state index in [1.807, 2.05) is 24.3 Å². The second-order valence-electron chi connectivity index (χ2n) is 3.91. The van der Waals surface area contributed by atoms with E-state index in [9.17, 15) is 0 Å². The highest BCUT2D eigenvalue weighted by molar-refractivity contribution is 7.80. The van der Waals surface area contributed by atoms with Crippen LogP contribution in [0.3, 0.4) is 0 Å². The topological polar surface area (TPSA) is 58.5 Å². The third-order valence-corrected chi connectivity index (χ3v) is 3.01. The number of para-hydroxylation sites is 1. The van der Waals surface area contributed by atoms with Gasteiger partial charge in [-0.1, -0.05) is 23.7 Å². The van der Waals surface area contributed by atoms with E-state index >= 15 is 0 Å². The lowest BCUT2D eigenvalue weighted by molar-refractivity contribution is 0.414. The molecule has 1 aromatic heterocycles. The first-order valence-electron chi connectivity index (χ1n) is 6.04. The number of nitrogens with zero attached hydrogens (tertiary/aromatic N) is 2. The molecule has 0 saturated heterocycles. The standard InChI is InChI=1S/C14H13ClN4OS/c1-20-12-7-3-2-5-10(12)9-17-19-14(21)18-11-6-4-8-16-13(11)15/h2-9H,1H3,(H2,18,19,21)/b17-9+. The fourth-order valence-electron chi connectivity index (χ4n) is 1.56. The Morgan fingerprint density at radius 3 is 2.90 bits per heavy atom. The molecular formula is C14H13ClN4OS. The summed E-state index contributed by atoms with van der Waals surface area (Å²) in [5, 5.41) is 7.62. The van der Waals surface area contributed by atoms with Crippen molar-refractivity contribution in [3.63, 3.8) is 0 Å². The number of rotatable bonds is 4. The number of hydrogen-bond donors (Lipinski definition) is 2. The highest BCUT2D eigenvalue weighted by Gasteiger charge is 2.02. The summed E-state index contributed by atoms with van der Waals surface area (Å²) in [5.41, 5.74) is 4.16. The first-order chi connectivity index (χ1) is 10.2. The third-order valence-electron chi connectivity index (χ3n) is 2.52. The van der Waals surface area contributed by atoms with E-state index in [0.717, 1.165) is 11.3 Å². The molecule has 2 rings (SSSR count). The van der Waals surface area contributed by atoms with Gasteiger partial charge in [0.25, 0.3) is 0 Å². The monoisotopic (exact) mass is 320 g/mol. The van der Waals surface area contributed by atoms with Crippen molar-refractivity contribution in [1.82, 2.24) is 10.4 Å². The Labute approximate surface area is 133 Å². The molecule has 0 aliphatic heterocycles. The molecule has 0 spiro atoms. The van der Waals surface area contributed by atoms with Gasteiger partial charge in [-0.15, -0.1) is 0 Å². The minimum atomic E-state index is 0.316. The normalized spacial score (nSPS) is 10.4. The summed E-state index contributed by atoms with van der Waals surface area (Å²) in [5.74, 6) is 0.734. The van der Waals surface area contributed by atoms with Crippen LogP contribution in [0.1, 0.15) is 5.56 Å². The number of benzene rings is 1. The molecule has 0 aliphatic carbocycles. The van der Waals surface area contributed by atoms with Crippen molar-refractivity contribution in [2.75, 3.05) is 12.4 Å². The molecule has 2 aromatic rings. The minimum absolute atomic E-state index is 0.316. The Morgan fingerprint density at radius 1 is 1.33 bits per heavy atom. The maximum atomic E-state index is 5.92. The fraction of sp³-hybridized carbons (Fsp3) is 0.0714. The quantitative estimate of drug-likeness (QED) is 0.392. The zero-order chi connectivity index (χ0) is 15.1. The fourth-order valence-corrected chi connectivity index (χ4v) is 1.89. The molecule has 0 unspecified atom stereocenters. The van der Waals surface area contributed by atoms with Crippen molar-refractivity contribution in [3.05, 3.63) is 53.3 Å². The molecule has 7 heteroatoms. The van der Waals surface area contributed by atoms with Gasteiger partial charge in [-0.2, -0.15) is 5.10 Å². The molecule has 2 N–H and O–H groups in total. The van der Waals surface area contributed by atoms with Gasteiger partial charge < -0.3 is 10.1 Å². The zero-order valence-corrected chi connectivity index (χ0v) is 12.8. The lowest BCUT2D eigenvalue weighted by atomic mass is 10.2. The van der Waals surface area contributed by atoms with Gasteiger partial charge >= 0.3 is 0 Å². The number of aromatic nitrogens is 1. The molecule has 0 fully saturated rings. The van der Waals surface area contributed by atoms with Crippen molar-refractivity contribution < 1.29 is 4.74 Å². The number of methoxy groups -OCH3 is 1. The molecule has 0 amide bonds. The summed E-state index contributed by atoms with van der Waals surface area (Å²) in [6.07, 6.45) is 3.22. The van der Waals surface area contributed by atoms with Gasteiger partial charge in [-0.05, 0) is 36.5 Å². The van der Waals surface area contributed by atoms with Gasteiger partial charge in [0.15, 0.2) is 10.3 Å². The first-order valence-corrected chi connectivity index (χ1v) is 6.83. The Hall–Kier alpha value is -2.18. The number of hydrazone groups is 1. The van der Waals surface area contributed by atoms with E-state index in [-0.39, 0.29) is 0 Å². The van der Waals surface area contributed by atoms with Crippen molar-refractivity contribution >= 4 is 40.8 Å². The Kier molecular flexibility index (Phi) is 5.48. The van der Waals surface area contributed by atoms with Crippen LogP contribution in [0.25, 0.3) is 0 Å². The SMILES string of the molecule is COc1ccccc1/C=N/NC(=S)Nc1cccnc1Cl. The van der Waals surface area contributed by atoms with E-state index in [4.69, 9.17) is 28.6 Å². The zero-order valence-electron chi connectivity index (χ0n) is 11.2. The van der Waals surface area contributed by atoms with E-state index in [1.54, 1.807) is 31.7 Å². The first kappa shape index (κ1) is 15.2. The number of halogens is 1. The molecule has 0 aliphatic rings. The summed E-state index contributed by atoms with van der Waals surface area (Å²) in [7, 11) is 1.61. The summed E-state index contributed by atoms with van der Waals surface area (Å²) in [6.45, 7) is 0. The highest BCUT2D eigenvalue weighted by atomic mass is 35.5. The largest absolute Gasteiger partial charge is 0.496 e. The van der Waals surface area contributed by atoms with Crippen molar-refractivity contribution in [3.8, 4) is 5.75 Å². The molecule has 108 valence electrons. The lowest BCUT2D eigenvalue weighted by Gasteiger charge is -2.08. The van der Waals surface area contributed by atoms with E-state index in [2.05, 4.69) is 20.8 Å². The number of thiocarbonyl (C=S) groups is 1. The number of pyridine rings is 1. The van der Waals surface area contributed by atoms with Gasteiger partial charge in [0.2, 0.25) is 0 Å². The van der Waals surface area contributed by atoms with Crippen LogP contribution in [0.4, 0.5) is 5.69 Å². The lowest BCUT2D eigenvalue weighted by Crippen LogP contribution is -2.24. The van der Waals surface area contributed by atoms with Crippen molar-refractivity contribution in [1.29, 1.82) is 0 Å². The van der Waals surface area contributed by atoms with Crippen LogP contribution >= 0.6 is 23.8 Å². The highest BCUT2D eigenvalue weighted by Crippen LogP contribution is 2.17. The van der Waals surface area contributed by atoms with E-state index in [0.29, 0.717) is 16.0 Å². The summed E-state index contributed by atoms with van der Waals surface area (Å²) in [6, 6.07) is 11.1. The Bertz CT molecular complexity index is 663. The number of nitrogens with one attached hydrogen (secondary N) is 2. The van der Waals surface area contributed by atoms with Crippen molar-refractivity contribution in [2.45, 2.75) is 0 Å². The van der Waals surface area contributed by atoms with Crippen LogP contribution in [-0.2, 0) is 0 Å². The minimum Gasteiger partial charge on any atom is -0.496 e. The average molecular weight is 321 g/mol. The number of ether oxygens (including phenoxy) is 1.